The van der Waals surface area contributed by atoms with Crippen LogP contribution in [-0.2, 0) is 9.84 Å². The predicted octanol–water partition coefficient (Wildman–Crippen LogP) is 3.61. The van der Waals surface area contributed by atoms with Gasteiger partial charge in [0.05, 0.1) is 18.2 Å². The number of amides is 1. The first-order valence-electron chi connectivity index (χ1n) is 10.4. The highest BCUT2D eigenvalue weighted by Crippen LogP contribution is 2.37. The molecule has 2 unspecified atom stereocenters. The number of ether oxygens (including phenoxy) is 1. The number of methoxy groups -OCH3 is 1. The van der Waals surface area contributed by atoms with Gasteiger partial charge in [-0.3, -0.25) is 9.59 Å². The standard InChI is InChI=1S/C25H23FN2O5S/c1-16(29)20-15-28-13-11-18(33-2)14-21(28)22(20)24(30)27-25(34(3,31)32)12-7-10-19(23(25)26)17-8-5-4-6-9-17/h4-15,23H,1-3H3,(H,27,30). The van der Waals surface area contributed by atoms with Gasteiger partial charge < -0.3 is 14.5 Å². The number of allylic oxidation sites excluding steroid dienone is 2. The topological polar surface area (TPSA) is 93.9 Å². The van der Waals surface area contributed by atoms with Crippen molar-refractivity contribution in [2.24, 2.45) is 0 Å². The van der Waals surface area contributed by atoms with Gasteiger partial charge in [-0.2, -0.15) is 0 Å². The average molecular weight is 483 g/mol. The molecule has 4 rings (SSSR count). The van der Waals surface area contributed by atoms with Gasteiger partial charge in [-0.25, -0.2) is 12.8 Å². The van der Waals surface area contributed by atoms with Gasteiger partial charge >= 0.3 is 0 Å². The zero-order valence-electron chi connectivity index (χ0n) is 18.8. The first kappa shape index (κ1) is 23.4. The van der Waals surface area contributed by atoms with Gasteiger partial charge in [-0.1, -0.05) is 42.5 Å². The molecule has 176 valence electrons. The Bertz CT molecular complexity index is 1460. The van der Waals surface area contributed by atoms with Crippen molar-refractivity contribution in [3.8, 4) is 5.75 Å². The Balaban J connectivity index is 1.84. The molecule has 2 atom stereocenters. The maximum Gasteiger partial charge on any atom is 0.255 e. The summed E-state index contributed by atoms with van der Waals surface area (Å²) in [5, 5.41) is 2.41. The third kappa shape index (κ3) is 3.81. The van der Waals surface area contributed by atoms with Crippen molar-refractivity contribution in [1.29, 1.82) is 0 Å². The van der Waals surface area contributed by atoms with Crippen LogP contribution < -0.4 is 10.1 Å². The van der Waals surface area contributed by atoms with Gasteiger partial charge in [-0.05, 0) is 30.2 Å². The second-order valence-corrected chi connectivity index (χ2v) is 10.3. The normalized spacial score (nSPS) is 20.1. The third-order valence-corrected chi connectivity index (χ3v) is 7.56. The largest absolute Gasteiger partial charge is 0.497 e. The lowest BCUT2D eigenvalue weighted by atomic mass is 9.91. The molecule has 34 heavy (non-hydrogen) atoms. The fourth-order valence-corrected chi connectivity index (χ4v) is 5.20. The number of Topliss-reactive ketones (excluding diaryl/α,β-unsaturated/α-hetero) is 1. The van der Waals surface area contributed by atoms with Gasteiger partial charge in [0.25, 0.3) is 5.91 Å². The molecule has 2 aromatic heterocycles. The van der Waals surface area contributed by atoms with Crippen molar-refractivity contribution in [2.45, 2.75) is 18.0 Å². The van der Waals surface area contributed by atoms with Crippen molar-refractivity contribution >= 4 is 32.6 Å². The third-order valence-electron chi connectivity index (χ3n) is 5.89. The molecule has 0 saturated heterocycles. The number of halogens is 1. The molecule has 9 heteroatoms. The Kier molecular flexibility index (Phi) is 5.91. The lowest BCUT2D eigenvalue weighted by molar-refractivity contribution is 0.0911. The highest BCUT2D eigenvalue weighted by molar-refractivity contribution is 7.92. The molecule has 1 N–H and O–H groups in total. The van der Waals surface area contributed by atoms with E-state index < -0.39 is 32.6 Å². The number of sulfone groups is 1. The van der Waals surface area contributed by atoms with Gasteiger partial charge in [0.2, 0.25) is 0 Å². The number of nitrogens with one attached hydrogen (secondary N) is 1. The summed E-state index contributed by atoms with van der Waals surface area (Å²) in [5.41, 5.74) is 0.933. The summed E-state index contributed by atoms with van der Waals surface area (Å²) in [4.78, 5) is 23.5. The molecule has 1 aliphatic rings. The number of carbonyl (C=O) groups is 2. The molecule has 0 spiro atoms. The van der Waals surface area contributed by atoms with Crippen LogP contribution in [0.4, 0.5) is 4.39 Å². The van der Waals surface area contributed by atoms with Crippen molar-refractivity contribution in [3.63, 3.8) is 0 Å². The average Bonchev–Trinajstić information content (AvgIpc) is 3.19. The van der Waals surface area contributed by atoms with Crippen LogP contribution in [0.5, 0.6) is 5.75 Å². The van der Waals surface area contributed by atoms with Gasteiger partial charge in [-0.15, -0.1) is 0 Å². The number of fused-ring (bicyclic) bond motifs is 1. The first-order valence-corrected chi connectivity index (χ1v) is 12.3. The van der Waals surface area contributed by atoms with E-state index in [0.717, 1.165) is 12.3 Å². The SMILES string of the molecule is COc1ccn2cc(C(C)=O)c(C(=O)NC3(S(C)(=O)=O)C=CC=C(c4ccccc4)C3F)c2c1. The quantitative estimate of drug-likeness (QED) is 0.542. The monoisotopic (exact) mass is 482 g/mol. The molecule has 3 aromatic rings. The van der Waals surface area contributed by atoms with Crippen molar-refractivity contribution < 1.29 is 27.1 Å². The summed E-state index contributed by atoms with van der Waals surface area (Å²) in [6.07, 6.45) is 5.87. The number of pyridine rings is 1. The van der Waals surface area contributed by atoms with Crippen molar-refractivity contribution in [1.82, 2.24) is 9.72 Å². The van der Waals surface area contributed by atoms with Crippen LogP contribution in [0.15, 0.2) is 73.1 Å². The molecule has 2 heterocycles. The minimum absolute atomic E-state index is 0.0640. The lowest BCUT2D eigenvalue weighted by Crippen LogP contribution is -2.59. The molecule has 1 aliphatic carbocycles. The minimum atomic E-state index is -4.21. The molecule has 0 radical (unpaired) electrons. The van der Waals surface area contributed by atoms with E-state index in [0.29, 0.717) is 16.8 Å². The van der Waals surface area contributed by atoms with E-state index in [2.05, 4.69) is 5.32 Å². The first-order chi connectivity index (χ1) is 16.1. The van der Waals surface area contributed by atoms with E-state index in [-0.39, 0.29) is 16.7 Å². The summed E-state index contributed by atoms with van der Waals surface area (Å²) >= 11 is 0. The maximum atomic E-state index is 16.0. The smallest absolute Gasteiger partial charge is 0.255 e. The van der Waals surface area contributed by atoms with Crippen molar-refractivity contribution in [2.75, 3.05) is 13.4 Å². The van der Waals surface area contributed by atoms with E-state index in [1.807, 2.05) is 0 Å². The summed E-state index contributed by atoms with van der Waals surface area (Å²) in [6, 6.07) is 11.7. The molecule has 0 aliphatic heterocycles. The number of hydrogen-bond acceptors (Lipinski definition) is 5. The maximum absolute atomic E-state index is 16.0. The molecule has 1 amide bonds. The molecule has 0 fully saturated rings. The van der Waals surface area contributed by atoms with Crippen LogP contribution in [-0.4, -0.2) is 48.9 Å². The molecule has 7 nitrogen and oxygen atoms in total. The number of nitrogens with zero attached hydrogens (tertiary/aromatic N) is 1. The van der Waals surface area contributed by atoms with Crippen LogP contribution in [0.3, 0.4) is 0 Å². The zero-order valence-corrected chi connectivity index (χ0v) is 19.6. The van der Waals surface area contributed by atoms with Crippen LogP contribution in [0.2, 0.25) is 0 Å². The number of aromatic nitrogens is 1. The zero-order chi connectivity index (χ0) is 24.7. The molecule has 0 bridgehead atoms. The lowest BCUT2D eigenvalue weighted by Gasteiger charge is -2.36. The Morgan fingerprint density at radius 1 is 1.18 bits per heavy atom. The number of hydrogen-bond donors (Lipinski definition) is 1. The van der Waals surface area contributed by atoms with E-state index in [1.54, 1.807) is 53.1 Å². The van der Waals surface area contributed by atoms with Gasteiger partial charge in [0, 0.05) is 30.3 Å². The minimum Gasteiger partial charge on any atom is -0.497 e. The number of benzene rings is 1. The predicted molar refractivity (Wildman–Crippen MR) is 127 cm³/mol. The van der Waals surface area contributed by atoms with Gasteiger partial charge in [0.1, 0.15) is 5.75 Å². The second-order valence-electron chi connectivity index (χ2n) is 8.06. The number of alkyl halides is 1. The van der Waals surface area contributed by atoms with E-state index in [4.69, 9.17) is 4.74 Å². The number of rotatable bonds is 6. The molecular formula is C25H23FN2O5S. The summed E-state index contributed by atoms with van der Waals surface area (Å²) < 4.78 is 48.7. The van der Waals surface area contributed by atoms with Crippen molar-refractivity contribution in [3.05, 3.63) is 89.8 Å². The van der Waals surface area contributed by atoms with E-state index >= 15 is 4.39 Å². The highest BCUT2D eigenvalue weighted by Gasteiger charge is 2.51. The highest BCUT2D eigenvalue weighted by atomic mass is 32.2. The molecule has 1 aromatic carbocycles. The molecular weight excluding hydrogens is 459 g/mol. The summed E-state index contributed by atoms with van der Waals surface area (Å²) in [7, 11) is -2.76. The summed E-state index contributed by atoms with van der Waals surface area (Å²) in [5.74, 6) is -0.863. The number of carbonyl (C=O) groups excluding carboxylic acids is 2. The van der Waals surface area contributed by atoms with Gasteiger partial charge in [0.15, 0.2) is 26.7 Å². The van der Waals surface area contributed by atoms with Crippen LogP contribution in [0, 0.1) is 0 Å². The Hall–Kier alpha value is -3.72. The van der Waals surface area contributed by atoms with Crippen LogP contribution >= 0.6 is 0 Å². The van der Waals surface area contributed by atoms with E-state index in [9.17, 15) is 18.0 Å². The fraction of sp³-hybridized carbons (Fsp3) is 0.200. The molecule has 0 saturated carbocycles. The fourth-order valence-electron chi connectivity index (χ4n) is 4.10. The Morgan fingerprint density at radius 3 is 2.50 bits per heavy atom. The second kappa shape index (κ2) is 8.57. The Morgan fingerprint density at radius 2 is 1.88 bits per heavy atom. The van der Waals surface area contributed by atoms with Crippen LogP contribution in [0.25, 0.3) is 11.1 Å². The van der Waals surface area contributed by atoms with Crippen LogP contribution in [0.1, 0.15) is 33.2 Å². The number of ketones is 1. The van der Waals surface area contributed by atoms with E-state index in [1.165, 1.54) is 32.4 Å². The summed E-state index contributed by atoms with van der Waals surface area (Å²) in [6.45, 7) is 1.30. The Labute approximate surface area is 196 Å².